The Labute approximate surface area is 151 Å². The van der Waals surface area contributed by atoms with Crippen molar-refractivity contribution in [3.05, 3.63) is 71.5 Å². The van der Waals surface area contributed by atoms with Crippen molar-refractivity contribution in [3.63, 3.8) is 0 Å². The van der Waals surface area contributed by atoms with E-state index in [-0.39, 0.29) is 4.90 Å². The molecule has 0 saturated heterocycles. The van der Waals surface area contributed by atoms with Crippen LogP contribution in [0.1, 0.15) is 5.56 Å². The van der Waals surface area contributed by atoms with Crippen molar-refractivity contribution in [1.29, 1.82) is 0 Å². The molecule has 0 amide bonds. The average Bonchev–Trinajstić information content (AvgIpc) is 3.01. The summed E-state index contributed by atoms with van der Waals surface area (Å²) >= 11 is 5.79. The van der Waals surface area contributed by atoms with E-state index in [0.29, 0.717) is 17.3 Å². The first-order valence-electron chi connectivity index (χ1n) is 7.40. The van der Waals surface area contributed by atoms with E-state index in [4.69, 9.17) is 16.3 Å². The normalized spacial score (nSPS) is 11.3. The lowest BCUT2D eigenvalue weighted by Gasteiger charge is -2.06. The molecule has 0 unspecified atom stereocenters. The van der Waals surface area contributed by atoms with Crippen LogP contribution in [-0.4, -0.2) is 25.3 Å². The SMILES string of the molecule is COc1cccc(Cn2cc(NS(=O)(=O)c3ccc(Cl)cc3)cn2)c1. The zero-order valence-electron chi connectivity index (χ0n) is 13.4. The van der Waals surface area contributed by atoms with Crippen LogP contribution in [0.4, 0.5) is 5.69 Å². The summed E-state index contributed by atoms with van der Waals surface area (Å²) in [4.78, 5) is 0.137. The Bertz CT molecular complexity index is 969. The number of anilines is 1. The monoisotopic (exact) mass is 377 g/mol. The molecule has 0 aliphatic rings. The number of rotatable bonds is 6. The molecule has 130 valence electrons. The second-order valence-electron chi connectivity index (χ2n) is 5.34. The Morgan fingerprint density at radius 1 is 1.20 bits per heavy atom. The first-order chi connectivity index (χ1) is 12.0. The van der Waals surface area contributed by atoms with Gasteiger partial charge in [-0.05, 0) is 42.0 Å². The van der Waals surface area contributed by atoms with Crippen molar-refractivity contribution in [3.8, 4) is 5.75 Å². The summed E-state index contributed by atoms with van der Waals surface area (Å²) in [7, 11) is -2.07. The van der Waals surface area contributed by atoms with Gasteiger partial charge in [0.05, 0.1) is 30.4 Å². The molecular weight excluding hydrogens is 362 g/mol. The summed E-state index contributed by atoms with van der Waals surface area (Å²) in [5, 5.41) is 4.66. The van der Waals surface area contributed by atoms with Crippen LogP contribution in [0.25, 0.3) is 0 Å². The average molecular weight is 378 g/mol. The van der Waals surface area contributed by atoms with Crippen molar-refractivity contribution in [2.24, 2.45) is 0 Å². The van der Waals surface area contributed by atoms with Gasteiger partial charge >= 0.3 is 0 Å². The van der Waals surface area contributed by atoms with E-state index in [1.165, 1.54) is 30.5 Å². The van der Waals surface area contributed by atoms with E-state index in [1.807, 2.05) is 24.3 Å². The molecule has 0 atom stereocenters. The van der Waals surface area contributed by atoms with Crippen LogP contribution in [0.2, 0.25) is 5.02 Å². The number of nitrogens with zero attached hydrogens (tertiary/aromatic N) is 2. The largest absolute Gasteiger partial charge is 0.497 e. The smallest absolute Gasteiger partial charge is 0.261 e. The maximum atomic E-state index is 12.4. The Morgan fingerprint density at radius 2 is 1.96 bits per heavy atom. The van der Waals surface area contributed by atoms with Crippen LogP contribution in [-0.2, 0) is 16.6 Å². The lowest BCUT2D eigenvalue weighted by Crippen LogP contribution is -2.12. The molecular formula is C17H16ClN3O3S. The summed E-state index contributed by atoms with van der Waals surface area (Å²) in [6, 6.07) is 13.6. The van der Waals surface area contributed by atoms with E-state index >= 15 is 0 Å². The van der Waals surface area contributed by atoms with Gasteiger partial charge in [-0.2, -0.15) is 5.10 Å². The summed E-state index contributed by atoms with van der Waals surface area (Å²) in [5.74, 6) is 0.758. The Hall–Kier alpha value is -2.51. The van der Waals surface area contributed by atoms with Crippen molar-refractivity contribution in [1.82, 2.24) is 9.78 Å². The number of halogens is 1. The summed E-state index contributed by atoms with van der Waals surface area (Å²) < 4.78 is 34.1. The number of hydrogen-bond donors (Lipinski definition) is 1. The molecule has 1 aromatic heterocycles. The third kappa shape index (κ3) is 4.32. The van der Waals surface area contributed by atoms with Gasteiger partial charge in [-0.3, -0.25) is 9.40 Å². The molecule has 0 aliphatic heterocycles. The topological polar surface area (TPSA) is 73.2 Å². The van der Waals surface area contributed by atoms with Gasteiger partial charge in [0.1, 0.15) is 5.75 Å². The van der Waals surface area contributed by atoms with Gasteiger partial charge in [-0.25, -0.2) is 8.42 Å². The molecule has 0 saturated carbocycles. The minimum Gasteiger partial charge on any atom is -0.497 e. The predicted octanol–water partition coefficient (Wildman–Crippen LogP) is 3.39. The minimum absolute atomic E-state index is 0.137. The fourth-order valence-corrected chi connectivity index (χ4v) is 3.44. The Kier molecular flexibility index (Phi) is 4.96. The van der Waals surface area contributed by atoms with Crippen molar-refractivity contribution in [2.75, 3.05) is 11.8 Å². The van der Waals surface area contributed by atoms with Crippen LogP contribution in [0.3, 0.4) is 0 Å². The molecule has 3 aromatic rings. The first kappa shape index (κ1) is 17.3. The third-order valence-corrected chi connectivity index (χ3v) is 5.14. The summed E-state index contributed by atoms with van der Waals surface area (Å²) in [6.07, 6.45) is 3.10. The summed E-state index contributed by atoms with van der Waals surface area (Å²) in [6.45, 7) is 0.500. The maximum absolute atomic E-state index is 12.4. The standard InChI is InChI=1S/C17H16ClN3O3S/c1-24-16-4-2-3-13(9-16)11-21-12-15(10-19-21)20-25(22,23)17-7-5-14(18)6-8-17/h2-10,12,20H,11H2,1H3. The Morgan fingerprint density at radius 3 is 2.68 bits per heavy atom. The lowest BCUT2D eigenvalue weighted by atomic mass is 10.2. The van der Waals surface area contributed by atoms with Gasteiger partial charge in [0.15, 0.2) is 0 Å². The van der Waals surface area contributed by atoms with E-state index in [1.54, 1.807) is 18.0 Å². The molecule has 1 N–H and O–H groups in total. The quantitative estimate of drug-likeness (QED) is 0.714. The van der Waals surface area contributed by atoms with Crippen LogP contribution in [0.5, 0.6) is 5.75 Å². The lowest BCUT2D eigenvalue weighted by molar-refractivity contribution is 0.414. The van der Waals surface area contributed by atoms with Gasteiger partial charge < -0.3 is 4.74 Å². The molecule has 0 bridgehead atoms. The number of aromatic nitrogens is 2. The molecule has 2 aromatic carbocycles. The zero-order chi connectivity index (χ0) is 17.9. The molecule has 0 fully saturated rings. The minimum atomic E-state index is -3.68. The first-order valence-corrected chi connectivity index (χ1v) is 9.26. The van der Waals surface area contributed by atoms with Gasteiger partial charge in [-0.1, -0.05) is 23.7 Å². The fraction of sp³-hybridized carbons (Fsp3) is 0.118. The molecule has 0 spiro atoms. The zero-order valence-corrected chi connectivity index (χ0v) is 15.0. The maximum Gasteiger partial charge on any atom is 0.261 e. The molecule has 1 heterocycles. The van der Waals surface area contributed by atoms with Gasteiger partial charge in [0, 0.05) is 11.2 Å². The van der Waals surface area contributed by atoms with Gasteiger partial charge in [-0.15, -0.1) is 0 Å². The molecule has 0 aliphatic carbocycles. The molecule has 8 heteroatoms. The third-order valence-electron chi connectivity index (χ3n) is 3.49. The van der Waals surface area contributed by atoms with E-state index in [0.717, 1.165) is 11.3 Å². The second-order valence-corrected chi connectivity index (χ2v) is 7.46. The van der Waals surface area contributed by atoms with Gasteiger partial charge in [0.2, 0.25) is 0 Å². The number of hydrogen-bond acceptors (Lipinski definition) is 4. The van der Waals surface area contributed by atoms with Crippen LogP contribution < -0.4 is 9.46 Å². The molecule has 25 heavy (non-hydrogen) atoms. The highest BCUT2D eigenvalue weighted by Crippen LogP contribution is 2.19. The predicted molar refractivity (Wildman–Crippen MR) is 96.6 cm³/mol. The van der Waals surface area contributed by atoms with E-state index < -0.39 is 10.0 Å². The van der Waals surface area contributed by atoms with E-state index in [2.05, 4.69) is 9.82 Å². The number of sulfonamides is 1. The Balaban J connectivity index is 1.73. The molecule has 6 nitrogen and oxygen atoms in total. The molecule has 3 rings (SSSR count). The highest BCUT2D eigenvalue weighted by atomic mass is 35.5. The van der Waals surface area contributed by atoms with Crippen molar-refractivity contribution < 1.29 is 13.2 Å². The van der Waals surface area contributed by atoms with Crippen molar-refractivity contribution >= 4 is 27.3 Å². The highest BCUT2D eigenvalue weighted by Gasteiger charge is 2.15. The van der Waals surface area contributed by atoms with Crippen molar-refractivity contribution in [2.45, 2.75) is 11.4 Å². The number of ether oxygens (including phenoxy) is 1. The highest BCUT2D eigenvalue weighted by molar-refractivity contribution is 7.92. The van der Waals surface area contributed by atoms with Crippen LogP contribution in [0.15, 0.2) is 65.8 Å². The van der Waals surface area contributed by atoms with Crippen LogP contribution in [0, 0.1) is 0 Å². The van der Waals surface area contributed by atoms with E-state index in [9.17, 15) is 8.42 Å². The second kappa shape index (κ2) is 7.16. The fourth-order valence-electron chi connectivity index (χ4n) is 2.29. The van der Waals surface area contributed by atoms with Gasteiger partial charge in [0.25, 0.3) is 10.0 Å². The van der Waals surface area contributed by atoms with Crippen LogP contribution >= 0.6 is 11.6 Å². The number of benzene rings is 2. The number of nitrogens with one attached hydrogen (secondary N) is 1. The summed E-state index contributed by atoms with van der Waals surface area (Å²) in [5.41, 5.74) is 1.38. The molecule has 0 radical (unpaired) electrons. The number of methoxy groups -OCH3 is 1.